The molecule has 0 radical (unpaired) electrons. The van der Waals surface area contributed by atoms with Crippen molar-refractivity contribution in [3.8, 4) is 11.5 Å². The number of carboxylic acid groups (broad SMARTS) is 1. The van der Waals surface area contributed by atoms with Crippen molar-refractivity contribution in [3.63, 3.8) is 0 Å². The first kappa shape index (κ1) is 20.3. The molecule has 0 fully saturated rings. The molecule has 1 aromatic heterocycles. The van der Waals surface area contributed by atoms with Crippen LogP contribution >= 0.6 is 23.2 Å². The minimum absolute atomic E-state index is 0.0130. The molecule has 152 valence electrons. The van der Waals surface area contributed by atoms with Crippen LogP contribution in [0.4, 0.5) is 0 Å². The first-order chi connectivity index (χ1) is 14.3. The summed E-state index contributed by atoms with van der Waals surface area (Å²) in [4.78, 5) is 11.5. The molecule has 4 rings (SSSR count). The highest BCUT2D eigenvalue weighted by Crippen LogP contribution is 2.29. The third-order valence-electron chi connectivity index (χ3n) is 4.82. The van der Waals surface area contributed by atoms with E-state index >= 15 is 0 Å². The topological polar surface area (TPSA) is 64.4 Å². The van der Waals surface area contributed by atoms with Crippen molar-refractivity contribution in [1.82, 2.24) is 9.78 Å². The van der Waals surface area contributed by atoms with Crippen molar-refractivity contribution >= 4 is 40.1 Å². The van der Waals surface area contributed by atoms with E-state index in [0.717, 1.165) is 27.5 Å². The number of ether oxygens (including phenoxy) is 1. The number of hydrogen-bond donors (Lipinski definition) is 1. The maximum atomic E-state index is 11.5. The Kier molecular flexibility index (Phi) is 5.41. The maximum absolute atomic E-state index is 11.5. The molecule has 0 saturated carbocycles. The van der Waals surface area contributed by atoms with Gasteiger partial charge in [0.25, 0.3) is 0 Å². The van der Waals surface area contributed by atoms with Crippen LogP contribution in [0.3, 0.4) is 0 Å². The fourth-order valence-corrected chi connectivity index (χ4v) is 3.65. The van der Waals surface area contributed by atoms with E-state index in [1.165, 1.54) is 0 Å². The number of carbonyl (C=O) groups is 1. The van der Waals surface area contributed by atoms with E-state index in [-0.39, 0.29) is 5.69 Å². The van der Waals surface area contributed by atoms with E-state index in [0.29, 0.717) is 28.2 Å². The average Bonchev–Trinajstić information content (AvgIpc) is 3.05. The summed E-state index contributed by atoms with van der Waals surface area (Å²) < 4.78 is 7.61. The summed E-state index contributed by atoms with van der Waals surface area (Å²) in [5.74, 6) is 0.338. The van der Waals surface area contributed by atoms with Gasteiger partial charge in [-0.2, -0.15) is 5.10 Å². The third kappa shape index (κ3) is 3.99. The lowest BCUT2D eigenvalue weighted by Crippen LogP contribution is -2.04. The Morgan fingerprint density at radius 1 is 1.00 bits per heavy atom. The van der Waals surface area contributed by atoms with Crippen molar-refractivity contribution in [2.75, 3.05) is 0 Å². The number of aromatic nitrogens is 2. The van der Waals surface area contributed by atoms with Gasteiger partial charge in [0, 0.05) is 15.4 Å². The molecule has 0 unspecified atom stereocenters. The van der Waals surface area contributed by atoms with Gasteiger partial charge in [0.2, 0.25) is 0 Å². The molecular weight excluding hydrogens is 423 g/mol. The van der Waals surface area contributed by atoms with E-state index in [1.807, 2.05) is 50.2 Å². The molecule has 0 bridgehead atoms. The molecule has 0 aliphatic carbocycles. The summed E-state index contributed by atoms with van der Waals surface area (Å²) >= 11 is 12.2. The van der Waals surface area contributed by atoms with Crippen molar-refractivity contribution in [1.29, 1.82) is 0 Å². The van der Waals surface area contributed by atoms with E-state index in [2.05, 4.69) is 5.10 Å². The summed E-state index contributed by atoms with van der Waals surface area (Å²) in [6, 6.07) is 16.5. The molecule has 0 atom stereocenters. The molecule has 0 aliphatic heterocycles. The number of hydrogen-bond acceptors (Lipinski definition) is 3. The number of halogens is 2. The monoisotopic (exact) mass is 440 g/mol. The third-order valence-corrected chi connectivity index (χ3v) is 5.65. The van der Waals surface area contributed by atoms with Crippen molar-refractivity contribution in [2.24, 2.45) is 0 Å². The number of aromatic carboxylic acids is 1. The van der Waals surface area contributed by atoms with Gasteiger partial charge in [0.15, 0.2) is 5.69 Å². The molecule has 0 saturated heterocycles. The van der Waals surface area contributed by atoms with Gasteiger partial charge in [0.1, 0.15) is 11.5 Å². The zero-order chi connectivity index (χ0) is 21.4. The minimum atomic E-state index is -1.08. The van der Waals surface area contributed by atoms with Crippen LogP contribution in [-0.2, 0) is 6.54 Å². The fourth-order valence-electron chi connectivity index (χ4n) is 3.37. The second-order valence-electron chi connectivity index (χ2n) is 7.09. The predicted octanol–water partition coefficient (Wildman–Crippen LogP) is 6.50. The lowest BCUT2D eigenvalue weighted by molar-refractivity contribution is 0.0691. The van der Waals surface area contributed by atoms with Crippen LogP contribution in [0.2, 0.25) is 10.0 Å². The highest BCUT2D eigenvalue weighted by molar-refractivity contribution is 6.32. The molecule has 0 amide bonds. The van der Waals surface area contributed by atoms with Gasteiger partial charge in [-0.1, -0.05) is 35.3 Å². The summed E-state index contributed by atoms with van der Waals surface area (Å²) in [6.07, 6.45) is 0. The molecule has 30 heavy (non-hydrogen) atoms. The summed E-state index contributed by atoms with van der Waals surface area (Å²) in [7, 11) is 0. The van der Waals surface area contributed by atoms with Crippen LogP contribution in [0.5, 0.6) is 11.5 Å². The zero-order valence-electron chi connectivity index (χ0n) is 16.3. The predicted molar refractivity (Wildman–Crippen MR) is 118 cm³/mol. The van der Waals surface area contributed by atoms with E-state index in [9.17, 15) is 9.90 Å². The van der Waals surface area contributed by atoms with E-state index in [1.54, 1.807) is 22.9 Å². The highest BCUT2D eigenvalue weighted by atomic mass is 35.5. The molecule has 5 nitrogen and oxygen atoms in total. The molecule has 1 heterocycles. The first-order valence-electron chi connectivity index (χ1n) is 9.25. The van der Waals surface area contributed by atoms with E-state index in [4.69, 9.17) is 27.9 Å². The molecule has 0 spiro atoms. The Bertz CT molecular complexity index is 1240. The lowest BCUT2D eigenvalue weighted by atomic mass is 10.1. The second-order valence-corrected chi connectivity index (χ2v) is 7.90. The van der Waals surface area contributed by atoms with Crippen molar-refractivity contribution in [3.05, 3.63) is 87.0 Å². The summed E-state index contributed by atoms with van der Waals surface area (Å²) in [5, 5.41) is 15.4. The molecule has 4 aromatic rings. The number of nitrogens with zero attached hydrogens (tertiary/aromatic N) is 2. The Hall–Kier alpha value is -3.02. The maximum Gasteiger partial charge on any atom is 0.357 e. The fraction of sp³-hybridized carbons (Fsp3) is 0.130. The summed E-state index contributed by atoms with van der Waals surface area (Å²) in [6.45, 7) is 4.31. The molecular formula is C23H18Cl2N2O3. The van der Waals surface area contributed by atoms with Gasteiger partial charge in [-0.25, -0.2) is 4.79 Å². The van der Waals surface area contributed by atoms with Crippen LogP contribution in [0, 0.1) is 13.8 Å². The smallest absolute Gasteiger partial charge is 0.357 e. The Morgan fingerprint density at radius 3 is 2.30 bits per heavy atom. The molecule has 0 aliphatic rings. The Morgan fingerprint density at radius 2 is 1.67 bits per heavy atom. The van der Waals surface area contributed by atoms with Gasteiger partial charge in [0.05, 0.1) is 12.1 Å². The van der Waals surface area contributed by atoms with Crippen LogP contribution < -0.4 is 4.74 Å². The van der Waals surface area contributed by atoms with Gasteiger partial charge in [-0.15, -0.1) is 0 Å². The number of aryl methyl sites for hydroxylation is 2. The summed E-state index contributed by atoms with van der Waals surface area (Å²) in [5.41, 5.74) is 3.58. The van der Waals surface area contributed by atoms with Gasteiger partial charge in [-0.3, -0.25) is 4.68 Å². The quantitative estimate of drug-likeness (QED) is 0.384. The zero-order valence-corrected chi connectivity index (χ0v) is 17.8. The molecule has 3 aromatic carbocycles. The van der Waals surface area contributed by atoms with Crippen LogP contribution in [0.15, 0.2) is 54.6 Å². The lowest BCUT2D eigenvalue weighted by Gasteiger charge is -2.10. The van der Waals surface area contributed by atoms with Crippen molar-refractivity contribution in [2.45, 2.75) is 20.4 Å². The second kappa shape index (κ2) is 8.01. The van der Waals surface area contributed by atoms with Gasteiger partial charge >= 0.3 is 5.97 Å². The van der Waals surface area contributed by atoms with Crippen molar-refractivity contribution < 1.29 is 14.6 Å². The number of benzene rings is 3. The number of carboxylic acids is 1. The standard InChI is InChI=1S/C23H18Cl2N2O3/c1-13-9-18(10-14(2)21(13)25)30-17-6-3-15(4-7-17)12-27-20-8-5-16(24)11-19(20)22(26-27)23(28)29/h3-11H,12H2,1-2H3,(H,28,29). The van der Waals surface area contributed by atoms with Gasteiger partial charge in [-0.05, 0) is 73.0 Å². The minimum Gasteiger partial charge on any atom is -0.476 e. The molecule has 7 heteroatoms. The highest BCUT2D eigenvalue weighted by Gasteiger charge is 2.17. The van der Waals surface area contributed by atoms with E-state index < -0.39 is 5.97 Å². The normalized spacial score (nSPS) is 11.1. The largest absolute Gasteiger partial charge is 0.476 e. The Balaban J connectivity index is 1.58. The van der Waals surface area contributed by atoms with Crippen LogP contribution in [0.1, 0.15) is 27.2 Å². The SMILES string of the molecule is Cc1cc(Oc2ccc(Cn3nc(C(=O)O)c4cc(Cl)ccc43)cc2)cc(C)c1Cl. The number of rotatable bonds is 5. The van der Waals surface area contributed by atoms with Crippen LogP contribution in [-0.4, -0.2) is 20.9 Å². The first-order valence-corrected chi connectivity index (χ1v) is 10.0. The Labute approximate surface area is 183 Å². The molecule has 1 N–H and O–H groups in total. The number of fused-ring (bicyclic) bond motifs is 1. The van der Waals surface area contributed by atoms with Gasteiger partial charge < -0.3 is 9.84 Å². The average molecular weight is 441 g/mol. The van der Waals surface area contributed by atoms with Crippen LogP contribution in [0.25, 0.3) is 10.9 Å².